The summed E-state index contributed by atoms with van der Waals surface area (Å²) in [7, 11) is -3.37. The Morgan fingerprint density at radius 2 is 2.00 bits per heavy atom. The van der Waals surface area contributed by atoms with E-state index in [0.29, 0.717) is 61.0 Å². The number of pyridine rings is 1. The number of sulfone groups is 1. The van der Waals surface area contributed by atoms with E-state index in [2.05, 4.69) is 5.32 Å². The van der Waals surface area contributed by atoms with Crippen LogP contribution in [0.4, 0.5) is 15.9 Å². The van der Waals surface area contributed by atoms with Crippen LogP contribution in [0.5, 0.6) is 0 Å². The predicted molar refractivity (Wildman–Crippen MR) is 122 cm³/mol. The summed E-state index contributed by atoms with van der Waals surface area (Å²) >= 11 is 0. The molecule has 3 aromatic rings. The van der Waals surface area contributed by atoms with Crippen molar-refractivity contribution in [1.82, 2.24) is 4.98 Å². The molecule has 32 heavy (non-hydrogen) atoms. The molecule has 3 N–H and O–H groups in total. The molecule has 0 unspecified atom stereocenters. The lowest BCUT2D eigenvalue weighted by Crippen LogP contribution is -2.52. The van der Waals surface area contributed by atoms with Crippen LogP contribution in [0.2, 0.25) is 0 Å². The largest absolute Gasteiger partial charge is 0.384 e. The molecule has 2 aromatic carbocycles. The van der Waals surface area contributed by atoms with Crippen molar-refractivity contribution in [2.75, 3.05) is 48.8 Å². The van der Waals surface area contributed by atoms with Crippen LogP contribution in [0.3, 0.4) is 0 Å². The van der Waals surface area contributed by atoms with Gasteiger partial charge in [-0.1, -0.05) is 18.2 Å². The number of nitrogens with two attached hydrogens (primary N) is 1. The Morgan fingerprint density at radius 3 is 2.75 bits per heavy atom. The van der Waals surface area contributed by atoms with E-state index in [1.807, 2.05) is 23.1 Å². The van der Waals surface area contributed by atoms with Gasteiger partial charge in [0.05, 0.1) is 29.4 Å². The third kappa shape index (κ3) is 3.80. The van der Waals surface area contributed by atoms with Crippen molar-refractivity contribution in [1.29, 1.82) is 0 Å². The molecule has 1 fully saturated rings. The molecular formula is C23H25FN4O3S. The summed E-state index contributed by atoms with van der Waals surface area (Å²) in [6, 6.07) is 13.4. The summed E-state index contributed by atoms with van der Waals surface area (Å²) in [4.78, 5) is 7.07. The van der Waals surface area contributed by atoms with Crippen LogP contribution in [0.15, 0.2) is 53.4 Å². The first-order chi connectivity index (χ1) is 15.4. The Bertz CT molecular complexity index is 1270. The van der Waals surface area contributed by atoms with Gasteiger partial charge in [0.1, 0.15) is 11.6 Å². The quantitative estimate of drug-likeness (QED) is 0.609. The smallest absolute Gasteiger partial charge is 0.180 e. The average Bonchev–Trinajstić information content (AvgIpc) is 2.89. The molecule has 0 spiro atoms. The molecule has 2 aliphatic heterocycles. The van der Waals surface area contributed by atoms with Crippen molar-refractivity contribution in [3.8, 4) is 0 Å². The Hall–Kier alpha value is -2.75. The van der Waals surface area contributed by atoms with Crippen molar-refractivity contribution in [3.05, 3.63) is 59.9 Å². The van der Waals surface area contributed by atoms with Crippen LogP contribution in [-0.2, 0) is 21.1 Å². The minimum Gasteiger partial charge on any atom is -0.384 e. The highest BCUT2D eigenvalue weighted by molar-refractivity contribution is 7.91. The van der Waals surface area contributed by atoms with Gasteiger partial charge < -0.3 is 20.7 Å². The Labute approximate surface area is 186 Å². The zero-order chi connectivity index (χ0) is 22.3. The standard InChI is InChI=1S/C23H25FN4O3S/c24-17-5-6-19-18(9-17)20(26-13-23(12-25)14-31-15-23)10-22(27-19)28-7-8-32(29,30)21-4-2-1-3-16(21)11-28/h1-6,9-10H,7-8,11-15,25H2,(H,26,27). The molecule has 5 rings (SSSR count). The van der Waals surface area contributed by atoms with Gasteiger partial charge in [0, 0.05) is 48.7 Å². The SMILES string of the molecule is NCC1(CNc2cc(N3CCS(=O)(=O)c4ccccc4C3)nc3ccc(F)cc23)COC1. The first-order valence-corrected chi connectivity index (χ1v) is 12.2. The van der Waals surface area contributed by atoms with Gasteiger partial charge in [0.2, 0.25) is 0 Å². The van der Waals surface area contributed by atoms with Crippen molar-refractivity contribution in [2.24, 2.45) is 11.1 Å². The number of aromatic nitrogens is 1. The van der Waals surface area contributed by atoms with Gasteiger partial charge in [0.25, 0.3) is 0 Å². The van der Waals surface area contributed by atoms with E-state index in [1.54, 1.807) is 18.2 Å². The van der Waals surface area contributed by atoms with Gasteiger partial charge >= 0.3 is 0 Å². The van der Waals surface area contributed by atoms with Gasteiger partial charge in [0.15, 0.2) is 9.84 Å². The second kappa shape index (κ2) is 7.99. The molecule has 1 saturated heterocycles. The second-order valence-corrected chi connectivity index (χ2v) is 10.7. The molecule has 0 aliphatic carbocycles. The van der Waals surface area contributed by atoms with Crippen LogP contribution >= 0.6 is 0 Å². The van der Waals surface area contributed by atoms with Crippen molar-refractivity contribution < 1.29 is 17.5 Å². The number of ether oxygens (including phenoxy) is 1. The maximum absolute atomic E-state index is 14.0. The van der Waals surface area contributed by atoms with E-state index in [0.717, 1.165) is 11.3 Å². The lowest BCUT2D eigenvalue weighted by molar-refractivity contribution is -0.0979. The van der Waals surface area contributed by atoms with Crippen molar-refractivity contribution in [3.63, 3.8) is 0 Å². The van der Waals surface area contributed by atoms with E-state index in [-0.39, 0.29) is 17.0 Å². The summed E-state index contributed by atoms with van der Waals surface area (Å²) in [6.45, 7) is 3.00. The molecule has 0 amide bonds. The Kier molecular flexibility index (Phi) is 5.27. The molecule has 3 heterocycles. The summed E-state index contributed by atoms with van der Waals surface area (Å²) in [5, 5.41) is 4.10. The zero-order valence-corrected chi connectivity index (χ0v) is 18.4. The molecule has 168 valence electrons. The number of nitrogens with one attached hydrogen (secondary N) is 1. The fourth-order valence-electron chi connectivity index (χ4n) is 4.22. The second-order valence-electron chi connectivity index (χ2n) is 8.59. The molecule has 9 heteroatoms. The highest BCUT2D eigenvalue weighted by Gasteiger charge is 2.37. The van der Waals surface area contributed by atoms with Crippen LogP contribution in [-0.4, -0.2) is 52.0 Å². The fourth-order valence-corrected chi connectivity index (χ4v) is 5.71. The predicted octanol–water partition coefficient (Wildman–Crippen LogP) is 2.55. The lowest BCUT2D eigenvalue weighted by atomic mass is 9.86. The molecule has 1 aromatic heterocycles. The number of halogens is 1. The maximum Gasteiger partial charge on any atom is 0.180 e. The highest BCUT2D eigenvalue weighted by Crippen LogP contribution is 2.33. The van der Waals surface area contributed by atoms with Crippen LogP contribution in [0.1, 0.15) is 5.56 Å². The maximum atomic E-state index is 14.0. The third-order valence-corrected chi connectivity index (χ3v) is 8.07. The Morgan fingerprint density at radius 1 is 1.19 bits per heavy atom. The molecule has 0 saturated carbocycles. The number of hydrogen-bond acceptors (Lipinski definition) is 7. The third-order valence-electron chi connectivity index (χ3n) is 6.28. The summed E-state index contributed by atoms with van der Waals surface area (Å²) in [6.07, 6.45) is 0. The summed E-state index contributed by atoms with van der Waals surface area (Å²) in [5.74, 6) is 0.305. The van der Waals surface area contributed by atoms with Crippen LogP contribution in [0, 0.1) is 11.2 Å². The minimum absolute atomic E-state index is 0.00351. The topological polar surface area (TPSA) is 97.6 Å². The normalized spacial score (nSPS) is 19.1. The molecule has 7 nitrogen and oxygen atoms in total. The fraction of sp³-hybridized carbons (Fsp3) is 0.348. The highest BCUT2D eigenvalue weighted by atomic mass is 32.2. The molecule has 0 atom stereocenters. The van der Waals surface area contributed by atoms with Crippen molar-refractivity contribution in [2.45, 2.75) is 11.4 Å². The van der Waals surface area contributed by atoms with Gasteiger partial charge in [-0.2, -0.15) is 0 Å². The average molecular weight is 457 g/mol. The van der Waals surface area contributed by atoms with Gasteiger partial charge in [-0.15, -0.1) is 0 Å². The van der Waals surface area contributed by atoms with Crippen LogP contribution in [0.25, 0.3) is 10.9 Å². The first kappa shape index (κ1) is 21.1. The number of hydrogen-bond donors (Lipinski definition) is 2. The summed E-state index contributed by atoms with van der Waals surface area (Å²) in [5.41, 5.74) is 7.93. The minimum atomic E-state index is -3.37. The number of nitrogens with zero attached hydrogens (tertiary/aromatic N) is 2. The van der Waals surface area contributed by atoms with Gasteiger partial charge in [-0.25, -0.2) is 17.8 Å². The molecule has 0 bridgehead atoms. The van der Waals surface area contributed by atoms with Crippen molar-refractivity contribution >= 4 is 32.2 Å². The molecular weight excluding hydrogens is 431 g/mol. The Balaban J connectivity index is 1.54. The number of fused-ring (bicyclic) bond motifs is 2. The van der Waals surface area contributed by atoms with Gasteiger partial charge in [-0.05, 0) is 29.8 Å². The van der Waals surface area contributed by atoms with E-state index < -0.39 is 9.84 Å². The number of anilines is 2. The monoisotopic (exact) mass is 456 g/mol. The molecule has 2 aliphatic rings. The van der Waals surface area contributed by atoms with E-state index in [1.165, 1.54) is 12.1 Å². The van der Waals surface area contributed by atoms with E-state index in [4.69, 9.17) is 15.5 Å². The molecule has 0 radical (unpaired) electrons. The van der Waals surface area contributed by atoms with E-state index in [9.17, 15) is 12.8 Å². The number of benzene rings is 2. The lowest BCUT2D eigenvalue weighted by Gasteiger charge is -2.40. The number of rotatable bonds is 5. The summed E-state index contributed by atoms with van der Waals surface area (Å²) < 4.78 is 44.9. The van der Waals surface area contributed by atoms with Gasteiger partial charge in [-0.3, -0.25) is 0 Å². The van der Waals surface area contributed by atoms with Crippen LogP contribution < -0.4 is 16.0 Å². The van der Waals surface area contributed by atoms with E-state index >= 15 is 0 Å². The first-order valence-electron chi connectivity index (χ1n) is 10.6. The zero-order valence-electron chi connectivity index (χ0n) is 17.6.